The van der Waals surface area contributed by atoms with Crippen molar-refractivity contribution < 1.29 is 9.18 Å². The predicted octanol–water partition coefficient (Wildman–Crippen LogP) is 3.38. The number of carbonyl (C=O) groups excluding carboxylic acids is 1. The zero-order valence-corrected chi connectivity index (χ0v) is 15.5. The van der Waals surface area contributed by atoms with Gasteiger partial charge in [0.2, 0.25) is 5.91 Å². The van der Waals surface area contributed by atoms with Gasteiger partial charge in [-0.05, 0) is 35.9 Å². The summed E-state index contributed by atoms with van der Waals surface area (Å²) >= 11 is 5.92. The molecular formula is C20H16ClFN4O2. The van der Waals surface area contributed by atoms with E-state index in [0.29, 0.717) is 33.5 Å². The second-order valence-electron chi connectivity index (χ2n) is 6.44. The van der Waals surface area contributed by atoms with Crippen molar-refractivity contribution in [2.45, 2.75) is 19.5 Å². The summed E-state index contributed by atoms with van der Waals surface area (Å²) in [5.41, 5.74) is 1.94. The highest BCUT2D eigenvalue weighted by Gasteiger charge is 2.12. The molecule has 0 saturated carbocycles. The van der Waals surface area contributed by atoms with E-state index < -0.39 is 5.82 Å². The van der Waals surface area contributed by atoms with Gasteiger partial charge in [0, 0.05) is 35.4 Å². The van der Waals surface area contributed by atoms with Crippen molar-refractivity contribution >= 4 is 39.4 Å². The first-order valence-corrected chi connectivity index (χ1v) is 9.06. The van der Waals surface area contributed by atoms with Crippen LogP contribution >= 0.6 is 11.6 Å². The van der Waals surface area contributed by atoms with Crippen molar-refractivity contribution in [2.24, 2.45) is 0 Å². The molecule has 1 amide bonds. The molecule has 0 radical (unpaired) electrons. The number of rotatable bonds is 5. The number of benzene rings is 2. The molecule has 28 heavy (non-hydrogen) atoms. The number of fused-ring (bicyclic) bond motifs is 3. The van der Waals surface area contributed by atoms with E-state index in [-0.39, 0.29) is 24.4 Å². The van der Waals surface area contributed by atoms with Crippen molar-refractivity contribution in [1.29, 1.82) is 0 Å². The summed E-state index contributed by atoms with van der Waals surface area (Å²) < 4.78 is 14.8. The zero-order valence-electron chi connectivity index (χ0n) is 14.7. The average Bonchev–Trinajstić information content (AvgIpc) is 3.05. The highest BCUT2D eigenvalue weighted by Crippen LogP contribution is 2.22. The van der Waals surface area contributed by atoms with Crippen LogP contribution in [0.2, 0.25) is 5.02 Å². The topological polar surface area (TPSA) is 79.8 Å². The van der Waals surface area contributed by atoms with Crippen molar-refractivity contribution in [2.75, 3.05) is 0 Å². The highest BCUT2D eigenvalue weighted by atomic mass is 35.5. The van der Waals surface area contributed by atoms with Gasteiger partial charge in [-0.25, -0.2) is 9.37 Å². The van der Waals surface area contributed by atoms with Gasteiger partial charge >= 0.3 is 0 Å². The molecule has 0 aliphatic heterocycles. The zero-order chi connectivity index (χ0) is 19.7. The van der Waals surface area contributed by atoms with Crippen LogP contribution in [-0.2, 0) is 17.9 Å². The van der Waals surface area contributed by atoms with Crippen molar-refractivity contribution in [3.8, 4) is 0 Å². The standard InChI is InChI=1S/C20H16ClFN4O2/c21-13-3-1-2-12(8-13)10-23-17(27)6-7-26-11-24-18-15-9-14(22)4-5-16(15)25-19(18)20(26)28/h1-5,8-9,11,25H,6-7,10H2,(H,23,27). The lowest BCUT2D eigenvalue weighted by atomic mass is 10.2. The van der Waals surface area contributed by atoms with E-state index >= 15 is 0 Å². The molecule has 0 fully saturated rings. The molecular weight excluding hydrogens is 383 g/mol. The molecule has 0 saturated heterocycles. The van der Waals surface area contributed by atoms with E-state index in [9.17, 15) is 14.0 Å². The first kappa shape index (κ1) is 18.2. The Bertz CT molecular complexity index is 1250. The number of aryl methyl sites for hydroxylation is 1. The van der Waals surface area contributed by atoms with Gasteiger partial charge in [-0.1, -0.05) is 23.7 Å². The Labute approximate surface area is 164 Å². The third-order valence-electron chi connectivity index (χ3n) is 4.49. The van der Waals surface area contributed by atoms with Gasteiger partial charge in [-0.3, -0.25) is 14.2 Å². The fourth-order valence-electron chi connectivity index (χ4n) is 3.08. The summed E-state index contributed by atoms with van der Waals surface area (Å²) in [6.45, 7) is 0.548. The molecule has 2 N–H and O–H groups in total. The fourth-order valence-corrected chi connectivity index (χ4v) is 3.29. The highest BCUT2D eigenvalue weighted by molar-refractivity contribution is 6.30. The summed E-state index contributed by atoms with van der Waals surface area (Å²) in [5, 5.41) is 3.96. The van der Waals surface area contributed by atoms with Crippen molar-refractivity contribution in [3.05, 3.63) is 75.5 Å². The number of aromatic nitrogens is 3. The SMILES string of the molecule is O=C(CCn1cnc2c([nH]c3ccc(F)cc32)c1=O)NCc1cccc(Cl)c1. The number of aromatic amines is 1. The molecule has 4 rings (SSSR count). The minimum atomic E-state index is -0.393. The van der Waals surface area contributed by atoms with Gasteiger partial charge in [0.1, 0.15) is 16.9 Å². The Morgan fingerprint density at radius 1 is 1.25 bits per heavy atom. The Kier molecular flexibility index (Phi) is 4.83. The van der Waals surface area contributed by atoms with E-state index in [1.165, 1.54) is 23.0 Å². The van der Waals surface area contributed by atoms with Crippen LogP contribution < -0.4 is 10.9 Å². The third kappa shape index (κ3) is 3.61. The molecule has 0 bridgehead atoms. The molecule has 0 spiro atoms. The predicted molar refractivity (Wildman–Crippen MR) is 106 cm³/mol. The van der Waals surface area contributed by atoms with Crippen molar-refractivity contribution in [3.63, 3.8) is 0 Å². The Hall–Kier alpha value is -3.19. The number of amides is 1. The fraction of sp³-hybridized carbons (Fsp3) is 0.150. The van der Waals surface area contributed by atoms with E-state index in [4.69, 9.17) is 11.6 Å². The molecule has 4 aromatic rings. The maximum atomic E-state index is 13.5. The Balaban J connectivity index is 1.47. The molecule has 0 unspecified atom stereocenters. The van der Waals surface area contributed by atoms with Gasteiger partial charge in [-0.2, -0.15) is 0 Å². The quantitative estimate of drug-likeness (QED) is 0.541. The van der Waals surface area contributed by atoms with Crippen LogP contribution in [0.4, 0.5) is 4.39 Å². The first-order valence-electron chi connectivity index (χ1n) is 8.69. The van der Waals surface area contributed by atoms with E-state index in [2.05, 4.69) is 15.3 Å². The summed E-state index contributed by atoms with van der Waals surface area (Å²) in [7, 11) is 0. The van der Waals surface area contributed by atoms with Crippen LogP contribution in [0.3, 0.4) is 0 Å². The molecule has 2 aromatic carbocycles. The number of hydrogen-bond donors (Lipinski definition) is 2. The van der Waals surface area contributed by atoms with E-state index in [1.54, 1.807) is 18.2 Å². The minimum Gasteiger partial charge on any atom is -0.352 e. The van der Waals surface area contributed by atoms with Gasteiger partial charge in [-0.15, -0.1) is 0 Å². The van der Waals surface area contributed by atoms with Crippen LogP contribution in [-0.4, -0.2) is 20.4 Å². The lowest BCUT2D eigenvalue weighted by molar-refractivity contribution is -0.121. The molecule has 8 heteroatoms. The number of nitrogens with one attached hydrogen (secondary N) is 2. The molecule has 6 nitrogen and oxygen atoms in total. The normalized spacial score (nSPS) is 11.2. The van der Waals surface area contributed by atoms with Gasteiger partial charge in [0.15, 0.2) is 0 Å². The minimum absolute atomic E-state index is 0.127. The molecule has 0 atom stereocenters. The van der Waals surface area contributed by atoms with Crippen LogP contribution in [0.1, 0.15) is 12.0 Å². The summed E-state index contributed by atoms with van der Waals surface area (Å²) in [5.74, 6) is -0.582. The Morgan fingerprint density at radius 3 is 2.93 bits per heavy atom. The lowest BCUT2D eigenvalue weighted by Gasteiger charge is -2.07. The maximum absolute atomic E-state index is 13.5. The van der Waals surface area contributed by atoms with Crippen LogP contribution in [0, 0.1) is 5.82 Å². The smallest absolute Gasteiger partial charge is 0.277 e. The molecule has 2 aromatic heterocycles. The molecule has 2 heterocycles. The summed E-state index contributed by atoms with van der Waals surface area (Å²) in [6.07, 6.45) is 1.51. The monoisotopic (exact) mass is 398 g/mol. The lowest BCUT2D eigenvalue weighted by Crippen LogP contribution is -2.27. The van der Waals surface area contributed by atoms with Crippen molar-refractivity contribution in [1.82, 2.24) is 19.9 Å². The molecule has 0 aliphatic rings. The number of halogens is 2. The summed E-state index contributed by atoms with van der Waals surface area (Å²) in [4.78, 5) is 32.0. The average molecular weight is 399 g/mol. The largest absolute Gasteiger partial charge is 0.352 e. The number of nitrogens with zero attached hydrogens (tertiary/aromatic N) is 2. The number of H-pyrrole nitrogens is 1. The van der Waals surface area contributed by atoms with E-state index in [0.717, 1.165) is 5.56 Å². The van der Waals surface area contributed by atoms with Crippen LogP contribution in [0.25, 0.3) is 21.9 Å². The van der Waals surface area contributed by atoms with E-state index in [1.807, 2.05) is 12.1 Å². The Morgan fingerprint density at radius 2 is 2.11 bits per heavy atom. The second kappa shape index (κ2) is 7.44. The first-order chi connectivity index (χ1) is 13.5. The molecule has 142 valence electrons. The van der Waals surface area contributed by atoms with Crippen LogP contribution in [0.5, 0.6) is 0 Å². The third-order valence-corrected chi connectivity index (χ3v) is 4.73. The maximum Gasteiger partial charge on any atom is 0.277 e. The van der Waals surface area contributed by atoms with Gasteiger partial charge < -0.3 is 10.3 Å². The van der Waals surface area contributed by atoms with Gasteiger partial charge in [0.25, 0.3) is 5.56 Å². The summed E-state index contributed by atoms with van der Waals surface area (Å²) in [6, 6.07) is 11.5. The second-order valence-corrected chi connectivity index (χ2v) is 6.87. The number of hydrogen-bond acceptors (Lipinski definition) is 3. The number of carbonyl (C=O) groups is 1. The van der Waals surface area contributed by atoms with Crippen LogP contribution in [0.15, 0.2) is 53.6 Å². The van der Waals surface area contributed by atoms with Gasteiger partial charge in [0.05, 0.1) is 6.33 Å². The molecule has 0 aliphatic carbocycles.